The lowest BCUT2D eigenvalue weighted by Gasteiger charge is -2.00. The zero-order valence-corrected chi connectivity index (χ0v) is 6.75. The van der Waals surface area contributed by atoms with Crippen molar-refractivity contribution in [1.29, 1.82) is 0 Å². The largest absolute Gasteiger partial charge is 0.462 e. The molecule has 0 aliphatic carbocycles. The van der Waals surface area contributed by atoms with E-state index in [9.17, 15) is 13.6 Å². The third kappa shape index (κ3) is 2.17. The minimum atomic E-state index is -1.22. The van der Waals surface area contributed by atoms with Crippen LogP contribution in [-0.2, 0) is 4.74 Å². The summed E-state index contributed by atoms with van der Waals surface area (Å²) in [5.41, 5.74) is -0.469. The number of hydrogen-bond acceptors (Lipinski definition) is 4. The molecule has 0 amide bonds. The highest BCUT2D eigenvalue weighted by atomic mass is 19.1. The molecule has 0 unspecified atom stereocenters. The third-order valence-corrected chi connectivity index (χ3v) is 1.21. The molecule has 1 heterocycles. The van der Waals surface area contributed by atoms with Crippen molar-refractivity contribution in [3.05, 3.63) is 23.8 Å². The Bertz CT molecular complexity index is 330. The summed E-state index contributed by atoms with van der Waals surface area (Å²) >= 11 is 0. The van der Waals surface area contributed by atoms with Crippen molar-refractivity contribution in [3.63, 3.8) is 0 Å². The fraction of sp³-hybridized carbons (Fsp3) is 0.286. The Labute approximate surface area is 72.6 Å². The average molecular weight is 188 g/mol. The van der Waals surface area contributed by atoms with E-state index in [0.29, 0.717) is 0 Å². The van der Waals surface area contributed by atoms with Gasteiger partial charge in [-0.3, -0.25) is 0 Å². The van der Waals surface area contributed by atoms with Gasteiger partial charge in [-0.2, -0.15) is 13.8 Å². The van der Waals surface area contributed by atoms with Crippen LogP contribution in [0.3, 0.4) is 0 Å². The zero-order chi connectivity index (χ0) is 9.84. The van der Waals surface area contributed by atoms with E-state index in [1.807, 2.05) is 0 Å². The summed E-state index contributed by atoms with van der Waals surface area (Å²) in [5, 5.41) is 0. The number of esters is 1. The fourth-order valence-electron chi connectivity index (χ4n) is 0.687. The highest BCUT2D eigenvalue weighted by Crippen LogP contribution is 2.04. The first-order valence-electron chi connectivity index (χ1n) is 3.50. The summed E-state index contributed by atoms with van der Waals surface area (Å²) in [7, 11) is 0. The minimum absolute atomic E-state index is 0.107. The molecule has 0 saturated heterocycles. The predicted molar refractivity (Wildman–Crippen MR) is 37.9 cm³/mol. The monoisotopic (exact) mass is 188 g/mol. The normalized spacial score (nSPS) is 9.77. The van der Waals surface area contributed by atoms with Gasteiger partial charge in [0.25, 0.3) is 0 Å². The summed E-state index contributed by atoms with van der Waals surface area (Å²) in [6.45, 7) is 1.68. The number of carbonyl (C=O) groups is 1. The topological polar surface area (TPSA) is 52.1 Å². The number of aromatic nitrogens is 2. The van der Waals surface area contributed by atoms with Gasteiger partial charge < -0.3 is 4.74 Å². The standard InChI is InChI=1S/C7H6F2N2O2/c1-2-13-6(12)4-3-10-7(9)11-5(4)8/h3H,2H2,1H3. The van der Waals surface area contributed by atoms with E-state index in [1.54, 1.807) is 6.92 Å². The van der Waals surface area contributed by atoms with Gasteiger partial charge in [0.2, 0.25) is 5.95 Å². The maximum Gasteiger partial charge on any atom is 0.344 e. The van der Waals surface area contributed by atoms with E-state index < -0.39 is 23.6 Å². The van der Waals surface area contributed by atoms with Gasteiger partial charge in [-0.15, -0.1) is 0 Å². The smallest absolute Gasteiger partial charge is 0.344 e. The van der Waals surface area contributed by atoms with Crippen LogP contribution in [0.1, 0.15) is 17.3 Å². The van der Waals surface area contributed by atoms with Crippen molar-refractivity contribution in [2.75, 3.05) is 6.61 Å². The van der Waals surface area contributed by atoms with Gasteiger partial charge in [0.1, 0.15) is 5.56 Å². The molecule has 0 N–H and O–H groups in total. The van der Waals surface area contributed by atoms with Crippen molar-refractivity contribution in [3.8, 4) is 0 Å². The first-order valence-corrected chi connectivity index (χ1v) is 3.50. The minimum Gasteiger partial charge on any atom is -0.462 e. The SMILES string of the molecule is CCOC(=O)c1cnc(F)nc1F. The van der Waals surface area contributed by atoms with Crippen molar-refractivity contribution in [2.24, 2.45) is 0 Å². The molecule has 1 aromatic heterocycles. The van der Waals surface area contributed by atoms with Crippen LogP contribution in [0.5, 0.6) is 0 Å². The van der Waals surface area contributed by atoms with Gasteiger partial charge in [-0.1, -0.05) is 0 Å². The summed E-state index contributed by atoms with van der Waals surface area (Å²) in [5.74, 6) is -2.12. The Hall–Kier alpha value is -1.59. The van der Waals surface area contributed by atoms with Crippen molar-refractivity contribution in [2.45, 2.75) is 6.92 Å². The van der Waals surface area contributed by atoms with Gasteiger partial charge in [-0.25, -0.2) is 9.78 Å². The lowest BCUT2D eigenvalue weighted by molar-refractivity contribution is 0.0518. The summed E-state index contributed by atoms with van der Waals surface area (Å²) in [6, 6.07) is 0. The van der Waals surface area contributed by atoms with Crippen LogP contribution in [0, 0.1) is 12.0 Å². The predicted octanol–water partition coefficient (Wildman–Crippen LogP) is 0.931. The van der Waals surface area contributed by atoms with E-state index in [4.69, 9.17) is 0 Å². The Morgan fingerprint density at radius 3 is 2.85 bits per heavy atom. The van der Waals surface area contributed by atoms with Crippen molar-refractivity contribution < 1.29 is 18.3 Å². The molecular formula is C7H6F2N2O2. The number of hydrogen-bond donors (Lipinski definition) is 0. The van der Waals surface area contributed by atoms with Crippen LogP contribution in [-0.4, -0.2) is 22.5 Å². The van der Waals surface area contributed by atoms with Crippen LogP contribution in [0.15, 0.2) is 6.20 Å². The van der Waals surface area contributed by atoms with Crippen LogP contribution in [0.4, 0.5) is 8.78 Å². The number of carbonyl (C=O) groups excluding carboxylic acids is 1. The van der Waals surface area contributed by atoms with E-state index in [2.05, 4.69) is 14.7 Å². The summed E-state index contributed by atoms with van der Waals surface area (Å²) < 4.78 is 29.4. The first kappa shape index (κ1) is 9.50. The van der Waals surface area contributed by atoms with E-state index in [0.717, 1.165) is 6.20 Å². The van der Waals surface area contributed by atoms with Crippen molar-refractivity contribution in [1.82, 2.24) is 9.97 Å². The molecule has 70 valence electrons. The second-order valence-corrected chi connectivity index (χ2v) is 2.06. The van der Waals surface area contributed by atoms with Crippen LogP contribution in [0.25, 0.3) is 0 Å². The quantitative estimate of drug-likeness (QED) is 0.393. The lowest BCUT2D eigenvalue weighted by Crippen LogP contribution is -2.10. The maximum atomic E-state index is 12.7. The second-order valence-electron chi connectivity index (χ2n) is 2.06. The van der Waals surface area contributed by atoms with Gasteiger partial charge >= 0.3 is 12.0 Å². The van der Waals surface area contributed by atoms with Crippen LogP contribution >= 0.6 is 0 Å². The van der Waals surface area contributed by atoms with Gasteiger partial charge in [0, 0.05) is 0 Å². The number of rotatable bonds is 2. The second kappa shape index (κ2) is 3.88. The molecule has 0 saturated carbocycles. The Balaban J connectivity index is 2.95. The highest BCUT2D eigenvalue weighted by Gasteiger charge is 2.15. The molecule has 0 fully saturated rings. The molecule has 1 aromatic rings. The third-order valence-electron chi connectivity index (χ3n) is 1.21. The Morgan fingerprint density at radius 1 is 1.62 bits per heavy atom. The maximum absolute atomic E-state index is 12.7. The average Bonchev–Trinajstić information content (AvgIpc) is 2.04. The molecule has 0 atom stereocenters. The molecule has 4 nitrogen and oxygen atoms in total. The summed E-state index contributed by atoms with van der Waals surface area (Å²) in [4.78, 5) is 16.7. The molecule has 13 heavy (non-hydrogen) atoms. The molecule has 0 aliphatic rings. The highest BCUT2D eigenvalue weighted by molar-refractivity contribution is 5.88. The number of halogens is 2. The lowest BCUT2D eigenvalue weighted by atomic mass is 10.3. The molecule has 0 bridgehead atoms. The summed E-state index contributed by atoms with van der Waals surface area (Å²) in [6.07, 6.45) is -0.471. The van der Waals surface area contributed by atoms with Gasteiger partial charge in [-0.05, 0) is 6.92 Å². The van der Waals surface area contributed by atoms with Gasteiger partial charge in [0.15, 0.2) is 0 Å². The van der Waals surface area contributed by atoms with E-state index in [-0.39, 0.29) is 6.61 Å². The van der Waals surface area contributed by atoms with Crippen LogP contribution in [0.2, 0.25) is 0 Å². The fourth-order valence-corrected chi connectivity index (χ4v) is 0.687. The molecule has 0 radical (unpaired) electrons. The first-order chi connectivity index (χ1) is 6.15. The zero-order valence-electron chi connectivity index (χ0n) is 6.75. The number of ether oxygens (including phenoxy) is 1. The Morgan fingerprint density at radius 2 is 2.31 bits per heavy atom. The van der Waals surface area contributed by atoms with E-state index in [1.165, 1.54) is 0 Å². The molecule has 0 spiro atoms. The van der Waals surface area contributed by atoms with Crippen molar-refractivity contribution >= 4 is 5.97 Å². The molecule has 6 heteroatoms. The Kier molecular flexibility index (Phi) is 2.84. The molecular weight excluding hydrogens is 182 g/mol. The molecule has 0 aromatic carbocycles. The number of nitrogens with zero attached hydrogens (tertiary/aromatic N) is 2. The van der Waals surface area contributed by atoms with Gasteiger partial charge in [0.05, 0.1) is 12.8 Å². The van der Waals surface area contributed by atoms with E-state index >= 15 is 0 Å². The molecule has 1 rings (SSSR count). The molecule has 0 aliphatic heterocycles. The van der Waals surface area contributed by atoms with Crippen LogP contribution < -0.4 is 0 Å².